The Morgan fingerprint density at radius 2 is 1.85 bits per heavy atom. The standard InChI is InChI=1S/C19H15Cl2NO4S/c20-11-5-7-15(21)14(9-11)17-8-6-12(26-17)10-16-19(23)13-3-1-2-4-18(13)27(24,25)22-16/h1-9,16,19,22-23H,10H2/t16-,19-/m0/s1. The fraction of sp³-hybridized carbons (Fsp3) is 0.158. The number of furan rings is 1. The van der Waals surface area contributed by atoms with E-state index in [0.717, 1.165) is 0 Å². The van der Waals surface area contributed by atoms with Crippen LogP contribution in [0.4, 0.5) is 0 Å². The van der Waals surface area contributed by atoms with Crippen molar-refractivity contribution < 1.29 is 17.9 Å². The highest BCUT2D eigenvalue weighted by atomic mass is 35.5. The second kappa shape index (κ2) is 6.96. The van der Waals surface area contributed by atoms with E-state index in [-0.39, 0.29) is 11.3 Å². The first-order valence-corrected chi connectivity index (χ1v) is 10.4. The van der Waals surface area contributed by atoms with E-state index in [1.54, 1.807) is 48.5 Å². The van der Waals surface area contributed by atoms with Gasteiger partial charge in [-0.3, -0.25) is 0 Å². The summed E-state index contributed by atoms with van der Waals surface area (Å²) < 4.78 is 33.2. The summed E-state index contributed by atoms with van der Waals surface area (Å²) in [6.07, 6.45) is -0.791. The number of aliphatic hydroxyl groups is 1. The van der Waals surface area contributed by atoms with Crippen LogP contribution in [0, 0.1) is 0 Å². The van der Waals surface area contributed by atoms with Crippen LogP contribution >= 0.6 is 23.2 Å². The highest BCUT2D eigenvalue weighted by Gasteiger charge is 2.36. The van der Waals surface area contributed by atoms with Crippen molar-refractivity contribution in [1.29, 1.82) is 0 Å². The summed E-state index contributed by atoms with van der Waals surface area (Å²) in [6.45, 7) is 0. The predicted octanol–water partition coefficient (Wildman–Crippen LogP) is 4.19. The van der Waals surface area contributed by atoms with Gasteiger partial charge in [-0.2, -0.15) is 0 Å². The fourth-order valence-electron chi connectivity index (χ4n) is 3.20. The van der Waals surface area contributed by atoms with Gasteiger partial charge in [-0.05, 0) is 36.4 Å². The molecule has 1 aromatic heterocycles. The molecule has 2 atom stereocenters. The molecule has 2 N–H and O–H groups in total. The number of sulfonamides is 1. The van der Waals surface area contributed by atoms with Gasteiger partial charge in [-0.1, -0.05) is 41.4 Å². The summed E-state index contributed by atoms with van der Waals surface area (Å²) in [5.41, 5.74) is 1.02. The van der Waals surface area contributed by atoms with Crippen molar-refractivity contribution in [2.75, 3.05) is 0 Å². The minimum Gasteiger partial charge on any atom is -0.461 e. The molecule has 5 nitrogen and oxygen atoms in total. The first kappa shape index (κ1) is 18.5. The number of aliphatic hydroxyl groups excluding tert-OH is 1. The van der Waals surface area contributed by atoms with Crippen molar-refractivity contribution in [3.8, 4) is 11.3 Å². The van der Waals surface area contributed by atoms with Gasteiger partial charge in [-0.15, -0.1) is 0 Å². The van der Waals surface area contributed by atoms with Crippen LogP contribution in [0.3, 0.4) is 0 Å². The molecule has 0 fully saturated rings. The largest absolute Gasteiger partial charge is 0.461 e. The predicted molar refractivity (Wildman–Crippen MR) is 103 cm³/mol. The van der Waals surface area contributed by atoms with Crippen molar-refractivity contribution in [2.24, 2.45) is 0 Å². The second-order valence-corrected chi connectivity index (χ2v) is 8.83. The molecule has 0 saturated carbocycles. The summed E-state index contributed by atoms with van der Waals surface area (Å²) in [7, 11) is -3.69. The first-order chi connectivity index (χ1) is 12.8. The molecule has 1 aliphatic rings. The van der Waals surface area contributed by atoms with Gasteiger partial charge in [-0.25, -0.2) is 13.1 Å². The third kappa shape index (κ3) is 3.51. The Labute approximate surface area is 166 Å². The average molecular weight is 424 g/mol. The molecule has 0 bridgehead atoms. The summed E-state index contributed by atoms with van der Waals surface area (Å²) >= 11 is 12.2. The zero-order chi connectivity index (χ0) is 19.2. The van der Waals surface area contributed by atoms with Crippen molar-refractivity contribution in [3.05, 3.63) is 76.0 Å². The molecule has 140 valence electrons. The third-order valence-corrected chi connectivity index (χ3v) is 6.62. The molecular formula is C19H15Cl2NO4S. The van der Waals surface area contributed by atoms with Gasteiger partial charge in [0.2, 0.25) is 10.0 Å². The highest BCUT2D eigenvalue weighted by molar-refractivity contribution is 7.89. The number of fused-ring (bicyclic) bond motifs is 1. The van der Waals surface area contributed by atoms with E-state index in [1.165, 1.54) is 6.07 Å². The molecule has 0 aliphatic carbocycles. The Morgan fingerprint density at radius 1 is 1.07 bits per heavy atom. The number of rotatable bonds is 3. The van der Waals surface area contributed by atoms with Gasteiger partial charge in [0.15, 0.2) is 0 Å². The van der Waals surface area contributed by atoms with Crippen molar-refractivity contribution in [2.45, 2.75) is 23.5 Å². The molecule has 8 heteroatoms. The lowest BCUT2D eigenvalue weighted by molar-refractivity contribution is 0.129. The van der Waals surface area contributed by atoms with Gasteiger partial charge in [0, 0.05) is 22.6 Å². The van der Waals surface area contributed by atoms with E-state index in [0.29, 0.717) is 32.7 Å². The molecule has 0 amide bonds. The van der Waals surface area contributed by atoms with Crippen molar-refractivity contribution >= 4 is 33.2 Å². The maximum absolute atomic E-state index is 12.4. The van der Waals surface area contributed by atoms with Crippen LogP contribution in [0.15, 0.2) is 63.9 Å². The summed E-state index contributed by atoms with van der Waals surface area (Å²) in [6, 6.07) is 14.2. The van der Waals surface area contributed by atoms with E-state index in [1.807, 2.05) is 0 Å². The summed E-state index contributed by atoms with van der Waals surface area (Å²) in [5.74, 6) is 1.04. The molecule has 4 rings (SSSR count). The van der Waals surface area contributed by atoms with E-state index < -0.39 is 22.2 Å². The van der Waals surface area contributed by atoms with Gasteiger partial charge >= 0.3 is 0 Å². The zero-order valence-corrected chi connectivity index (χ0v) is 16.2. The minimum atomic E-state index is -3.69. The second-order valence-electron chi connectivity index (χ2n) is 6.30. The molecular weight excluding hydrogens is 409 g/mol. The number of hydrogen-bond acceptors (Lipinski definition) is 4. The fourth-order valence-corrected chi connectivity index (χ4v) is 5.08. The molecule has 2 aromatic carbocycles. The topological polar surface area (TPSA) is 79.5 Å². The van der Waals surface area contributed by atoms with Gasteiger partial charge < -0.3 is 9.52 Å². The van der Waals surface area contributed by atoms with Gasteiger partial charge in [0.25, 0.3) is 0 Å². The molecule has 0 spiro atoms. The van der Waals surface area contributed by atoms with Crippen LogP contribution in [0.1, 0.15) is 17.4 Å². The van der Waals surface area contributed by atoms with E-state index in [4.69, 9.17) is 27.6 Å². The third-order valence-electron chi connectivity index (χ3n) is 4.49. The summed E-state index contributed by atoms with van der Waals surface area (Å²) in [5, 5.41) is 11.6. The Hall–Kier alpha value is -1.83. The molecule has 2 heterocycles. The zero-order valence-electron chi connectivity index (χ0n) is 13.9. The Kier molecular flexibility index (Phi) is 4.78. The maximum atomic E-state index is 12.4. The molecule has 3 aromatic rings. The lowest BCUT2D eigenvalue weighted by Gasteiger charge is -2.30. The Morgan fingerprint density at radius 3 is 2.67 bits per heavy atom. The Balaban J connectivity index is 1.62. The SMILES string of the molecule is O=S1(=O)N[C@@H](Cc2ccc(-c3cc(Cl)ccc3Cl)o2)[C@@H](O)c2ccccc21. The molecule has 27 heavy (non-hydrogen) atoms. The normalized spacial score (nSPS) is 21.0. The smallest absolute Gasteiger partial charge is 0.241 e. The highest BCUT2D eigenvalue weighted by Crippen LogP contribution is 2.34. The first-order valence-electron chi connectivity index (χ1n) is 8.18. The van der Waals surface area contributed by atoms with Crippen LogP contribution in [-0.2, 0) is 16.4 Å². The quantitative estimate of drug-likeness (QED) is 0.661. The number of halogens is 2. The maximum Gasteiger partial charge on any atom is 0.241 e. The van der Waals surface area contributed by atoms with E-state index in [9.17, 15) is 13.5 Å². The van der Waals surface area contributed by atoms with Crippen LogP contribution < -0.4 is 4.72 Å². The monoisotopic (exact) mass is 423 g/mol. The number of hydrogen-bond donors (Lipinski definition) is 2. The van der Waals surface area contributed by atoms with E-state index >= 15 is 0 Å². The number of nitrogens with one attached hydrogen (secondary N) is 1. The van der Waals surface area contributed by atoms with Crippen molar-refractivity contribution in [3.63, 3.8) is 0 Å². The lowest BCUT2D eigenvalue weighted by atomic mass is 9.99. The molecule has 0 unspecified atom stereocenters. The molecule has 0 saturated heterocycles. The number of benzene rings is 2. The van der Waals surface area contributed by atoms with Crippen LogP contribution in [0.25, 0.3) is 11.3 Å². The average Bonchev–Trinajstić information content (AvgIpc) is 3.10. The van der Waals surface area contributed by atoms with Crippen LogP contribution in [0.2, 0.25) is 10.0 Å². The van der Waals surface area contributed by atoms with Crippen LogP contribution in [0.5, 0.6) is 0 Å². The minimum absolute atomic E-state index is 0.0968. The summed E-state index contributed by atoms with van der Waals surface area (Å²) in [4.78, 5) is 0.0968. The van der Waals surface area contributed by atoms with Gasteiger partial charge in [0.05, 0.1) is 22.1 Å². The van der Waals surface area contributed by atoms with Crippen LogP contribution in [-0.4, -0.2) is 19.6 Å². The van der Waals surface area contributed by atoms with E-state index in [2.05, 4.69) is 4.72 Å². The Bertz CT molecular complexity index is 1110. The van der Waals surface area contributed by atoms with Gasteiger partial charge in [0.1, 0.15) is 11.5 Å². The van der Waals surface area contributed by atoms with Crippen molar-refractivity contribution in [1.82, 2.24) is 4.72 Å². The lowest BCUT2D eigenvalue weighted by Crippen LogP contribution is -2.45. The molecule has 0 radical (unpaired) electrons. The molecule has 1 aliphatic heterocycles.